The summed E-state index contributed by atoms with van der Waals surface area (Å²) in [6.45, 7) is 2.04. The maximum atomic E-state index is 12.0. The number of hydrogen-bond acceptors (Lipinski definition) is 3. The molecule has 24 heavy (non-hydrogen) atoms. The normalized spacial score (nSPS) is 10.4. The number of benzene rings is 1. The van der Waals surface area contributed by atoms with E-state index in [1.165, 1.54) is 4.88 Å². The Balaban J connectivity index is 1.68. The van der Waals surface area contributed by atoms with Crippen molar-refractivity contribution in [3.63, 3.8) is 0 Å². The van der Waals surface area contributed by atoms with E-state index in [1.54, 1.807) is 11.3 Å². The number of aryl methyl sites for hydroxylation is 2. The summed E-state index contributed by atoms with van der Waals surface area (Å²) in [7, 11) is 0. The molecule has 0 aliphatic rings. The number of para-hydroxylation sites is 1. The quantitative estimate of drug-likeness (QED) is 0.688. The molecular formula is C18H21BrN2O2S. The van der Waals surface area contributed by atoms with E-state index in [4.69, 9.17) is 0 Å². The van der Waals surface area contributed by atoms with E-state index in [2.05, 4.69) is 32.6 Å². The van der Waals surface area contributed by atoms with Crippen LogP contribution in [0.15, 0.2) is 40.2 Å². The van der Waals surface area contributed by atoms with Crippen molar-refractivity contribution in [1.82, 2.24) is 5.32 Å². The lowest BCUT2D eigenvalue weighted by Crippen LogP contribution is -2.32. The monoisotopic (exact) mass is 408 g/mol. The third-order valence-electron chi connectivity index (χ3n) is 3.57. The number of carbonyl (C=O) groups excluding carboxylic acids is 2. The first kappa shape index (κ1) is 18.7. The molecule has 6 heteroatoms. The van der Waals surface area contributed by atoms with Gasteiger partial charge in [-0.15, -0.1) is 11.3 Å². The van der Waals surface area contributed by atoms with Gasteiger partial charge < -0.3 is 10.6 Å². The summed E-state index contributed by atoms with van der Waals surface area (Å²) in [6, 6.07) is 11.8. The van der Waals surface area contributed by atoms with Gasteiger partial charge in [-0.05, 0) is 59.0 Å². The molecule has 0 unspecified atom stereocenters. The Morgan fingerprint density at radius 1 is 1.12 bits per heavy atom. The minimum Gasteiger partial charge on any atom is -0.347 e. The van der Waals surface area contributed by atoms with E-state index in [0.29, 0.717) is 6.42 Å². The Kier molecular flexibility index (Phi) is 7.46. The van der Waals surface area contributed by atoms with Crippen molar-refractivity contribution >= 4 is 44.8 Å². The number of amides is 2. The third-order valence-corrected chi connectivity index (χ3v) is 5.26. The molecule has 128 valence electrons. The van der Waals surface area contributed by atoms with Crippen LogP contribution in [0.5, 0.6) is 0 Å². The number of halogens is 1. The highest BCUT2D eigenvalue weighted by Gasteiger charge is 2.08. The molecule has 2 aromatic rings. The molecule has 0 fully saturated rings. The molecule has 1 aromatic carbocycles. The van der Waals surface area contributed by atoms with Gasteiger partial charge in [-0.3, -0.25) is 9.59 Å². The summed E-state index contributed by atoms with van der Waals surface area (Å²) in [5, 5.41) is 5.52. The van der Waals surface area contributed by atoms with Gasteiger partial charge in [0.15, 0.2) is 0 Å². The second-order valence-corrected chi connectivity index (χ2v) is 7.94. The maximum absolute atomic E-state index is 12.0. The van der Waals surface area contributed by atoms with Gasteiger partial charge in [-0.1, -0.05) is 25.1 Å². The maximum Gasteiger partial charge on any atom is 0.243 e. The topological polar surface area (TPSA) is 58.2 Å². The van der Waals surface area contributed by atoms with Gasteiger partial charge in [0.25, 0.3) is 0 Å². The van der Waals surface area contributed by atoms with Crippen molar-refractivity contribution in [2.75, 3.05) is 11.9 Å². The standard InChI is InChI=1S/C18H21BrN2O2S/c1-2-13-6-3-4-8-15(13)21-18(23)12-20-17(22)9-5-7-14-10-11-16(19)24-14/h3-4,6,8,10-11H,2,5,7,9,12H2,1H3,(H,20,22)(H,21,23). The highest BCUT2D eigenvalue weighted by molar-refractivity contribution is 9.11. The molecule has 1 aromatic heterocycles. The number of rotatable bonds is 8. The van der Waals surface area contributed by atoms with Gasteiger partial charge in [0.2, 0.25) is 11.8 Å². The largest absolute Gasteiger partial charge is 0.347 e. The van der Waals surface area contributed by atoms with E-state index in [9.17, 15) is 9.59 Å². The van der Waals surface area contributed by atoms with Gasteiger partial charge in [0.1, 0.15) is 0 Å². The van der Waals surface area contributed by atoms with E-state index >= 15 is 0 Å². The Morgan fingerprint density at radius 2 is 1.92 bits per heavy atom. The van der Waals surface area contributed by atoms with Crippen LogP contribution in [0.1, 0.15) is 30.2 Å². The van der Waals surface area contributed by atoms with Crippen molar-refractivity contribution in [2.24, 2.45) is 0 Å². The fourth-order valence-corrected chi connectivity index (χ4v) is 3.85. The molecule has 2 amide bonds. The van der Waals surface area contributed by atoms with Crippen LogP contribution < -0.4 is 10.6 Å². The van der Waals surface area contributed by atoms with Crippen LogP contribution in [0.2, 0.25) is 0 Å². The summed E-state index contributed by atoms with van der Waals surface area (Å²) in [5.74, 6) is -0.295. The van der Waals surface area contributed by atoms with Crippen molar-refractivity contribution in [1.29, 1.82) is 0 Å². The lowest BCUT2D eigenvalue weighted by Gasteiger charge is -2.10. The molecule has 4 nitrogen and oxygen atoms in total. The van der Waals surface area contributed by atoms with Crippen LogP contribution in [0.4, 0.5) is 5.69 Å². The summed E-state index contributed by atoms with van der Waals surface area (Å²) < 4.78 is 1.10. The lowest BCUT2D eigenvalue weighted by molar-refractivity contribution is -0.124. The Hall–Kier alpha value is -1.66. The van der Waals surface area contributed by atoms with E-state index in [1.807, 2.05) is 37.3 Å². The van der Waals surface area contributed by atoms with Gasteiger partial charge in [-0.2, -0.15) is 0 Å². The number of anilines is 1. The second-order valence-electron chi connectivity index (χ2n) is 5.39. The summed E-state index contributed by atoms with van der Waals surface area (Å²) >= 11 is 5.11. The highest BCUT2D eigenvalue weighted by atomic mass is 79.9. The van der Waals surface area contributed by atoms with Gasteiger partial charge >= 0.3 is 0 Å². The number of nitrogens with one attached hydrogen (secondary N) is 2. The van der Waals surface area contributed by atoms with Crippen molar-refractivity contribution in [2.45, 2.75) is 32.6 Å². The molecule has 0 bridgehead atoms. The van der Waals surface area contributed by atoms with Gasteiger partial charge in [0.05, 0.1) is 10.3 Å². The average molecular weight is 409 g/mol. The zero-order chi connectivity index (χ0) is 17.4. The molecule has 2 N–H and O–H groups in total. The van der Waals surface area contributed by atoms with Gasteiger partial charge in [0, 0.05) is 17.0 Å². The second kappa shape index (κ2) is 9.59. The fourth-order valence-electron chi connectivity index (χ4n) is 2.32. The zero-order valence-electron chi connectivity index (χ0n) is 13.6. The number of thiophene rings is 1. The van der Waals surface area contributed by atoms with E-state index in [-0.39, 0.29) is 18.4 Å². The Bertz CT molecular complexity index is 700. The Morgan fingerprint density at radius 3 is 2.62 bits per heavy atom. The van der Waals surface area contributed by atoms with Crippen molar-refractivity contribution in [3.8, 4) is 0 Å². The summed E-state index contributed by atoms with van der Waals surface area (Å²) in [4.78, 5) is 25.0. The number of carbonyl (C=O) groups is 2. The van der Waals surface area contributed by atoms with Crippen molar-refractivity contribution < 1.29 is 9.59 Å². The van der Waals surface area contributed by atoms with Gasteiger partial charge in [-0.25, -0.2) is 0 Å². The minimum atomic E-state index is -0.202. The molecule has 0 spiro atoms. The first-order chi connectivity index (χ1) is 11.6. The molecule has 0 aliphatic carbocycles. The molecule has 2 rings (SSSR count). The molecule has 0 saturated carbocycles. The first-order valence-electron chi connectivity index (χ1n) is 7.97. The van der Waals surface area contributed by atoms with Crippen LogP contribution in [0, 0.1) is 0 Å². The predicted octanol–water partition coefficient (Wildman–Crippen LogP) is 4.15. The summed E-state index contributed by atoms with van der Waals surface area (Å²) in [6.07, 6.45) is 2.93. The fraction of sp³-hybridized carbons (Fsp3) is 0.333. The summed E-state index contributed by atoms with van der Waals surface area (Å²) in [5.41, 5.74) is 1.89. The SMILES string of the molecule is CCc1ccccc1NC(=O)CNC(=O)CCCc1ccc(Br)s1. The van der Waals surface area contributed by atoms with Crippen molar-refractivity contribution in [3.05, 3.63) is 50.6 Å². The smallest absolute Gasteiger partial charge is 0.243 e. The molecule has 0 aliphatic heterocycles. The van der Waals surface area contributed by atoms with Crippen LogP contribution in [0.3, 0.4) is 0 Å². The van der Waals surface area contributed by atoms with Crippen LogP contribution in [-0.4, -0.2) is 18.4 Å². The minimum absolute atomic E-state index is 0.00142. The number of hydrogen-bond donors (Lipinski definition) is 2. The first-order valence-corrected chi connectivity index (χ1v) is 9.58. The third kappa shape index (κ3) is 6.09. The zero-order valence-corrected chi connectivity index (χ0v) is 16.0. The molecule has 0 saturated heterocycles. The van der Waals surface area contributed by atoms with E-state index < -0.39 is 0 Å². The van der Waals surface area contributed by atoms with Crippen LogP contribution in [0.25, 0.3) is 0 Å². The molecule has 0 atom stereocenters. The molecular weight excluding hydrogens is 388 g/mol. The van der Waals surface area contributed by atoms with E-state index in [0.717, 1.165) is 34.3 Å². The molecule has 0 radical (unpaired) electrons. The molecule has 1 heterocycles. The predicted molar refractivity (Wildman–Crippen MR) is 102 cm³/mol. The highest BCUT2D eigenvalue weighted by Crippen LogP contribution is 2.23. The van der Waals surface area contributed by atoms with Crippen LogP contribution >= 0.6 is 27.3 Å². The Labute approximate surface area is 154 Å². The lowest BCUT2D eigenvalue weighted by atomic mass is 10.1. The van der Waals surface area contributed by atoms with Crippen LogP contribution in [-0.2, 0) is 22.4 Å². The average Bonchev–Trinajstić information content (AvgIpc) is 2.99.